The summed E-state index contributed by atoms with van der Waals surface area (Å²) in [6.45, 7) is 0. The van der Waals surface area contributed by atoms with Gasteiger partial charge in [0.15, 0.2) is 11.4 Å². The Bertz CT molecular complexity index is 931. The van der Waals surface area contributed by atoms with Crippen molar-refractivity contribution in [1.82, 2.24) is 5.32 Å². The predicted molar refractivity (Wildman–Crippen MR) is 96.2 cm³/mol. The Morgan fingerprint density at radius 2 is 1.52 bits per heavy atom. The molecule has 0 atom stereocenters. The highest BCUT2D eigenvalue weighted by atomic mass is 32.2. The Morgan fingerprint density at radius 1 is 1.04 bits per heavy atom. The number of hydrogen-bond acceptors (Lipinski definition) is 7. The van der Waals surface area contributed by atoms with Crippen LogP contribution in [-0.2, 0) is 10.1 Å². The molecule has 0 unspecified atom stereocenters. The second kappa shape index (κ2) is 8.39. The fourth-order valence-electron chi connectivity index (χ4n) is 1.68. The van der Waals surface area contributed by atoms with E-state index >= 15 is 0 Å². The van der Waals surface area contributed by atoms with Crippen LogP contribution >= 0.6 is 11.8 Å². The SMILES string of the molecule is CSC(=Nc1ccc(N=Nc2ccc(S(=O)(=O)O)cc2)cc1)NC#N. The van der Waals surface area contributed by atoms with Crippen LogP contribution in [0.1, 0.15) is 0 Å². The largest absolute Gasteiger partial charge is 0.294 e. The summed E-state index contributed by atoms with van der Waals surface area (Å²) in [5.41, 5.74) is 1.68. The maximum Gasteiger partial charge on any atom is 0.294 e. The summed E-state index contributed by atoms with van der Waals surface area (Å²) in [7, 11) is -4.22. The lowest BCUT2D eigenvalue weighted by Gasteiger charge is -2.00. The number of azo groups is 1. The Kier molecular flexibility index (Phi) is 6.24. The van der Waals surface area contributed by atoms with E-state index in [1.165, 1.54) is 36.0 Å². The molecule has 0 heterocycles. The van der Waals surface area contributed by atoms with E-state index in [4.69, 9.17) is 9.81 Å². The number of nitriles is 1. The predicted octanol–water partition coefficient (Wildman–Crippen LogP) is 3.77. The molecule has 0 fully saturated rings. The average molecular weight is 375 g/mol. The van der Waals surface area contributed by atoms with Crippen LogP contribution in [0.15, 0.2) is 68.6 Å². The van der Waals surface area contributed by atoms with E-state index in [1.54, 1.807) is 30.5 Å². The van der Waals surface area contributed by atoms with Gasteiger partial charge in [0.05, 0.1) is 22.0 Å². The number of amidine groups is 1. The lowest BCUT2D eigenvalue weighted by Crippen LogP contribution is -2.12. The van der Waals surface area contributed by atoms with Crippen LogP contribution in [0.5, 0.6) is 0 Å². The number of aliphatic imine (C=N–C) groups is 1. The first-order chi connectivity index (χ1) is 11.9. The number of nitrogens with one attached hydrogen (secondary N) is 1. The molecule has 0 aliphatic heterocycles. The molecule has 10 heteroatoms. The minimum Gasteiger partial charge on any atom is -0.282 e. The third kappa shape index (κ3) is 5.68. The minimum atomic E-state index is -4.22. The van der Waals surface area contributed by atoms with E-state index in [0.29, 0.717) is 22.2 Å². The van der Waals surface area contributed by atoms with Gasteiger partial charge in [0, 0.05) is 0 Å². The second-order valence-corrected chi connectivity index (χ2v) is 6.76. The fourth-order valence-corrected chi connectivity index (χ4v) is 2.51. The highest BCUT2D eigenvalue weighted by molar-refractivity contribution is 8.13. The van der Waals surface area contributed by atoms with Gasteiger partial charge in [0.1, 0.15) is 0 Å². The monoisotopic (exact) mass is 375 g/mol. The molecule has 2 rings (SSSR count). The van der Waals surface area contributed by atoms with Gasteiger partial charge in [-0.3, -0.25) is 9.87 Å². The van der Waals surface area contributed by atoms with Crippen LogP contribution in [0.3, 0.4) is 0 Å². The molecule has 2 N–H and O–H groups in total. The highest BCUT2D eigenvalue weighted by Gasteiger charge is 2.08. The topological polar surface area (TPSA) is 127 Å². The standard InChI is InChI=1S/C15H13N5O3S2/c1-24-15(17-10-16)18-11-2-4-12(5-3-11)19-20-13-6-8-14(9-7-13)25(21,22)23/h2-9H,1H3,(H,17,18)(H,21,22,23). The van der Waals surface area contributed by atoms with E-state index in [0.717, 1.165) is 0 Å². The summed E-state index contributed by atoms with van der Waals surface area (Å²) in [6.07, 6.45) is 3.62. The van der Waals surface area contributed by atoms with E-state index in [2.05, 4.69) is 20.5 Å². The molecular weight excluding hydrogens is 362 g/mol. The molecule has 0 spiro atoms. The van der Waals surface area contributed by atoms with Crippen molar-refractivity contribution in [2.24, 2.45) is 15.2 Å². The van der Waals surface area contributed by atoms with Crippen molar-refractivity contribution in [3.05, 3.63) is 48.5 Å². The highest BCUT2D eigenvalue weighted by Crippen LogP contribution is 2.23. The van der Waals surface area contributed by atoms with Crippen molar-refractivity contribution in [1.29, 1.82) is 5.26 Å². The van der Waals surface area contributed by atoms with Gasteiger partial charge in [-0.25, -0.2) is 4.99 Å². The summed E-state index contributed by atoms with van der Waals surface area (Å²) in [6, 6.07) is 12.2. The second-order valence-electron chi connectivity index (χ2n) is 4.54. The van der Waals surface area contributed by atoms with Crippen molar-refractivity contribution >= 4 is 44.1 Å². The van der Waals surface area contributed by atoms with Crippen LogP contribution in [0.2, 0.25) is 0 Å². The first kappa shape index (κ1) is 18.6. The van der Waals surface area contributed by atoms with E-state index in [1.807, 2.05) is 6.19 Å². The smallest absolute Gasteiger partial charge is 0.282 e. The molecule has 8 nitrogen and oxygen atoms in total. The van der Waals surface area contributed by atoms with Crippen molar-refractivity contribution in [2.45, 2.75) is 4.90 Å². The van der Waals surface area contributed by atoms with E-state index in [9.17, 15) is 8.42 Å². The maximum atomic E-state index is 11.0. The van der Waals surface area contributed by atoms with Crippen molar-refractivity contribution in [2.75, 3.05) is 6.26 Å². The third-order valence-electron chi connectivity index (χ3n) is 2.85. The zero-order valence-electron chi connectivity index (χ0n) is 13.0. The van der Waals surface area contributed by atoms with E-state index < -0.39 is 10.1 Å². The summed E-state index contributed by atoms with van der Waals surface area (Å²) < 4.78 is 30.8. The maximum absolute atomic E-state index is 11.0. The molecule has 0 bridgehead atoms. The first-order valence-electron chi connectivity index (χ1n) is 6.79. The zero-order chi connectivity index (χ0) is 18.3. The average Bonchev–Trinajstić information content (AvgIpc) is 2.60. The molecule has 0 saturated carbocycles. The number of benzene rings is 2. The molecule has 0 radical (unpaired) electrons. The molecular formula is C15H13N5O3S2. The van der Waals surface area contributed by atoms with Gasteiger partial charge in [-0.1, -0.05) is 11.8 Å². The van der Waals surface area contributed by atoms with Gasteiger partial charge >= 0.3 is 0 Å². The summed E-state index contributed by atoms with van der Waals surface area (Å²) in [4.78, 5) is 4.05. The third-order valence-corrected chi connectivity index (χ3v) is 4.30. The fraction of sp³-hybridized carbons (Fsp3) is 0.0667. The molecule has 2 aromatic carbocycles. The number of nitrogens with zero attached hydrogens (tertiary/aromatic N) is 4. The molecule has 0 aliphatic carbocycles. The van der Waals surface area contributed by atoms with Gasteiger partial charge in [-0.15, -0.1) is 0 Å². The Hall–Kier alpha value is -2.74. The summed E-state index contributed by atoms with van der Waals surface area (Å²) >= 11 is 1.32. The van der Waals surface area contributed by atoms with Gasteiger partial charge in [0.25, 0.3) is 10.1 Å². The molecule has 128 valence electrons. The Labute approximate surface area is 149 Å². The van der Waals surface area contributed by atoms with Crippen molar-refractivity contribution in [3.8, 4) is 6.19 Å². The van der Waals surface area contributed by atoms with Crippen LogP contribution in [-0.4, -0.2) is 24.4 Å². The van der Waals surface area contributed by atoms with Gasteiger partial charge in [-0.2, -0.15) is 23.9 Å². The molecule has 0 aliphatic rings. The van der Waals surface area contributed by atoms with Crippen molar-refractivity contribution in [3.63, 3.8) is 0 Å². The van der Waals surface area contributed by atoms with Gasteiger partial charge in [-0.05, 0) is 54.8 Å². The quantitative estimate of drug-likeness (QED) is 0.209. The van der Waals surface area contributed by atoms with Gasteiger partial charge < -0.3 is 0 Å². The molecule has 0 amide bonds. The van der Waals surface area contributed by atoms with E-state index in [-0.39, 0.29) is 4.90 Å². The number of hydrogen-bond donors (Lipinski definition) is 2. The normalized spacial score (nSPS) is 12.1. The molecule has 25 heavy (non-hydrogen) atoms. The van der Waals surface area contributed by atoms with Crippen LogP contribution < -0.4 is 5.32 Å². The summed E-state index contributed by atoms with van der Waals surface area (Å²) in [5, 5.41) is 19.6. The molecule has 0 saturated heterocycles. The van der Waals surface area contributed by atoms with Crippen LogP contribution in [0.25, 0.3) is 0 Å². The van der Waals surface area contributed by atoms with Crippen molar-refractivity contribution < 1.29 is 13.0 Å². The van der Waals surface area contributed by atoms with Crippen LogP contribution in [0.4, 0.5) is 17.1 Å². The van der Waals surface area contributed by atoms with Gasteiger partial charge in [0.2, 0.25) is 0 Å². The Balaban J connectivity index is 2.11. The number of thioether (sulfide) groups is 1. The minimum absolute atomic E-state index is 0.204. The number of rotatable bonds is 4. The lowest BCUT2D eigenvalue weighted by molar-refractivity contribution is 0.483. The Morgan fingerprint density at radius 3 is 1.96 bits per heavy atom. The molecule has 2 aromatic rings. The molecule has 0 aromatic heterocycles. The summed E-state index contributed by atoms with van der Waals surface area (Å²) in [5.74, 6) is 0. The lowest BCUT2D eigenvalue weighted by atomic mass is 10.3. The first-order valence-corrected chi connectivity index (χ1v) is 9.46. The zero-order valence-corrected chi connectivity index (χ0v) is 14.6. The van der Waals surface area contributed by atoms with Crippen LogP contribution in [0, 0.1) is 11.5 Å².